The predicted molar refractivity (Wildman–Crippen MR) is 91.1 cm³/mol. The van der Waals surface area contributed by atoms with E-state index in [2.05, 4.69) is 28.9 Å². The van der Waals surface area contributed by atoms with Crippen LogP contribution in [0.15, 0.2) is 30.8 Å². The smallest absolute Gasteiger partial charge is 0.245 e. The fourth-order valence-electron chi connectivity index (χ4n) is 3.30. The minimum atomic E-state index is -0.322. The summed E-state index contributed by atoms with van der Waals surface area (Å²) in [7, 11) is 0. The van der Waals surface area contributed by atoms with Gasteiger partial charge in [0.25, 0.3) is 0 Å². The Hall–Kier alpha value is -2.30. The topological polar surface area (TPSA) is 52.7 Å². The minimum Gasteiger partial charge on any atom is -0.367 e. The van der Waals surface area contributed by atoms with Crippen molar-refractivity contribution in [1.82, 2.24) is 10.2 Å². The summed E-state index contributed by atoms with van der Waals surface area (Å²) in [6, 6.07) is 7.93. The van der Waals surface area contributed by atoms with Crippen LogP contribution >= 0.6 is 0 Å². The lowest BCUT2D eigenvalue weighted by atomic mass is 10.1. The lowest BCUT2D eigenvalue weighted by Crippen LogP contribution is -2.53. The van der Waals surface area contributed by atoms with Crippen molar-refractivity contribution in [1.29, 1.82) is 0 Å². The molecule has 0 unspecified atom stereocenters. The monoisotopic (exact) mass is 313 g/mol. The van der Waals surface area contributed by atoms with Gasteiger partial charge in [-0.2, -0.15) is 0 Å². The molecule has 0 radical (unpaired) electrons. The molecule has 122 valence electrons. The summed E-state index contributed by atoms with van der Waals surface area (Å²) in [6.45, 7) is 9.05. The minimum absolute atomic E-state index is 0.0163. The zero-order chi connectivity index (χ0) is 16.4. The molecule has 3 rings (SSSR count). The molecule has 2 amide bonds. The molecule has 5 nitrogen and oxygen atoms in total. The third-order valence-electron chi connectivity index (χ3n) is 4.59. The van der Waals surface area contributed by atoms with E-state index in [0.717, 1.165) is 24.2 Å². The van der Waals surface area contributed by atoms with Crippen molar-refractivity contribution in [2.45, 2.75) is 25.8 Å². The number of nitrogens with zero attached hydrogens (tertiary/aromatic N) is 2. The zero-order valence-electron chi connectivity index (χ0n) is 13.5. The Balaban J connectivity index is 1.64. The van der Waals surface area contributed by atoms with Crippen LogP contribution in [0.5, 0.6) is 0 Å². The maximum absolute atomic E-state index is 12.4. The van der Waals surface area contributed by atoms with Crippen LogP contribution in [0.1, 0.15) is 25.3 Å². The molecule has 23 heavy (non-hydrogen) atoms. The molecule has 0 bridgehead atoms. The van der Waals surface area contributed by atoms with Gasteiger partial charge in [-0.25, -0.2) is 0 Å². The Morgan fingerprint density at radius 3 is 2.52 bits per heavy atom. The van der Waals surface area contributed by atoms with E-state index in [1.54, 1.807) is 0 Å². The molecular weight excluding hydrogens is 290 g/mol. The van der Waals surface area contributed by atoms with Gasteiger partial charge in [0.05, 0.1) is 0 Å². The van der Waals surface area contributed by atoms with Crippen molar-refractivity contribution in [2.24, 2.45) is 0 Å². The van der Waals surface area contributed by atoms with Gasteiger partial charge in [0.1, 0.15) is 6.04 Å². The second-order valence-electron chi connectivity index (χ2n) is 6.27. The number of hydrogen-bond acceptors (Lipinski definition) is 3. The number of benzene rings is 1. The maximum atomic E-state index is 12.4. The first-order valence-corrected chi connectivity index (χ1v) is 8.14. The first-order valence-electron chi connectivity index (χ1n) is 8.14. The first kappa shape index (κ1) is 15.6. The lowest BCUT2D eigenvalue weighted by molar-refractivity contribution is -0.134. The van der Waals surface area contributed by atoms with Crippen molar-refractivity contribution in [2.75, 3.05) is 31.1 Å². The number of nitrogens with one attached hydrogen (secondary N) is 1. The van der Waals surface area contributed by atoms with Crippen molar-refractivity contribution < 1.29 is 9.59 Å². The van der Waals surface area contributed by atoms with Crippen LogP contribution in [-0.2, 0) is 9.59 Å². The van der Waals surface area contributed by atoms with Crippen molar-refractivity contribution in [3.05, 3.63) is 36.4 Å². The fraction of sp³-hybridized carbons (Fsp3) is 0.444. The Morgan fingerprint density at radius 2 is 1.91 bits per heavy atom. The molecule has 2 saturated heterocycles. The SMILES string of the molecule is C=C(C)c1ccccc1N1CCN(C(=O)[C@H]2CCC(=O)N2)CC1. The van der Waals surface area contributed by atoms with E-state index in [0.29, 0.717) is 25.9 Å². The second-order valence-corrected chi connectivity index (χ2v) is 6.27. The predicted octanol–water partition coefficient (Wildman–Crippen LogP) is 1.65. The molecular formula is C18H23N3O2. The highest BCUT2D eigenvalue weighted by molar-refractivity contribution is 5.91. The van der Waals surface area contributed by atoms with Gasteiger partial charge in [-0.1, -0.05) is 24.8 Å². The summed E-state index contributed by atoms with van der Waals surface area (Å²) in [4.78, 5) is 27.9. The molecule has 2 heterocycles. The number of amides is 2. The van der Waals surface area contributed by atoms with Crippen molar-refractivity contribution in [3.63, 3.8) is 0 Å². The van der Waals surface area contributed by atoms with E-state index in [1.807, 2.05) is 24.0 Å². The standard InChI is InChI=1S/C18H23N3O2/c1-13(2)14-5-3-4-6-16(14)20-9-11-21(12-10-20)18(23)15-7-8-17(22)19-15/h3-6,15H,1,7-12H2,2H3,(H,19,22)/t15-/m1/s1. The summed E-state index contributed by atoms with van der Waals surface area (Å²) in [5.74, 6) is 0.0426. The molecule has 2 fully saturated rings. The average Bonchev–Trinajstić information content (AvgIpc) is 3.01. The number of piperazine rings is 1. The second kappa shape index (κ2) is 6.44. The third-order valence-corrected chi connectivity index (χ3v) is 4.59. The zero-order valence-corrected chi connectivity index (χ0v) is 13.5. The molecule has 0 aliphatic carbocycles. The van der Waals surface area contributed by atoms with E-state index >= 15 is 0 Å². The number of para-hydroxylation sites is 1. The van der Waals surface area contributed by atoms with Crippen LogP contribution in [-0.4, -0.2) is 48.9 Å². The van der Waals surface area contributed by atoms with E-state index in [1.165, 1.54) is 5.69 Å². The van der Waals surface area contributed by atoms with Gasteiger partial charge < -0.3 is 15.1 Å². The number of carbonyl (C=O) groups excluding carboxylic acids is 2. The molecule has 1 N–H and O–H groups in total. The molecule has 0 aromatic heterocycles. The van der Waals surface area contributed by atoms with Crippen molar-refractivity contribution in [3.8, 4) is 0 Å². The molecule has 2 aliphatic rings. The Kier molecular flexibility index (Phi) is 4.37. The number of anilines is 1. The van der Waals surface area contributed by atoms with E-state index in [9.17, 15) is 9.59 Å². The normalized spacial score (nSPS) is 21.3. The average molecular weight is 313 g/mol. The highest BCUT2D eigenvalue weighted by Gasteiger charge is 2.32. The molecule has 5 heteroatoms. The Morgan fingerprint density at radius 1 is 1.22 bits per heavy atom. The van der Waals surface area contributed by atoms with Crippen LogP contribution in [0, 0.1) is 0 Å². The molecule has 0 saturated carbocycles. The number of rotatable bonds is 3. The molecule has 1 atom stereocenters. The Bertz CT molecular complexity index is 633. The highest BCUT2D eigenvalue weighted by atomic mass is 16.2. The summed E-state index contributed by atoms with van der Waals surface area (Å²) in [5, 5.41) is 2.76. The third kappa shape index (κ3) is 3.23. The summed E-state index contributed by atoms with van der Waals surface area (Å²) < 4.78 is 0. The van der Waals surface area contributed by atoms with Crippen LogP contribution < -0.4 is 10.2 Å². The summed E-state index contributed by atoms with van der Waals surface area (Å²) >= 11 is 0. The van der Waals surface area contributed by atoms with Crippen LogP contribution in [0.4, 0.5) is 5.69 Å². The first-order chi connectivity index (χ1) is 11.1. The van der Waals surface area contributed by atoms with Gasteiger partial charge in [-0.15, -0.1) is 0 Å². The number of hydrogen-bond donors (Lipinski definition) is 1. The summed E-state index contributed by atoms with van der Waals surface area (Å²) in [6.07, 6.45) is 1.08. The quantitative estimate of drug-likeness (QED) is 0.923. The van der Waals surface area contributed by atoms with E-state index < -0.39 is 0 Å². The largest absolute Gasteiger partial charge is 0.367 e. The highest BCUT2D eigenvalue weighted by Crippen LogP contribution is 2.27. The van der Waals surface area contributed by atoms with E-state index in [4.69, 9.17) is 0 Å². The Labute approximate surface area is 137 Å². The van der Waals surface area contributed by atoms with Gasteiger partial charge in [-0.3, -0.25) is 9.59 Å². The van der Waals surface area contributed by atoms with Gasteiger partial charge in [-0.05, 0) is 25.0 Å². The van der Waals surface area contributed by atoms with Gasteiger partial charge in [0.2, 0.25) is 11.8 Å². The van der Waals surface area contributed by atoms with Gasteiger partial charge >= 0.3 is 0 Å². The number of allylic oxidation sites excluding steroid dienone is 1. The molecule has 2 aliphatic heterocycles. The van der Waals surface area contributed by atoms with Gasteiger partial charge in [0, 0.05) is 43.9 Å². The van der Waals surface area contributed by atoms with E-state index in [-0.39, 0.29) is 17.9 Å². The van der Waals surface area contributed by atoms with Crippen LogP contribution in [0.3, 0.4) is 0 Å². The van der Waals surface area contributed by atoms with Crippen LogP contribution in [0.25, 0.3) is 5.57 Å². The lowest BCUT2D eigenvalue weighted by Gasteiger charge is -2.38. The van der Waals surface area contributed by atoms with Gasteiger partial charge in [0.15, 0.2) is 0 Å². The maximum Gasteiger partial charge on any atom is 0.245 e. The fourth-order valence-corrected chi connectivity index (χ4v) is 3.30. The summed E-state index contributed by atoms with van der Waals surface area (Å²) in [5.41, 5.74) is 3.39. The molecule has 0 spiro atoms. The number of carbonyl (C=O) groups is 2. The van der Waals surface area contributed by atoms with Crippen molar-refractivity contribution >= 4 is 23.1 Å². The van der Waals surface area contributed by atoms with Crippen LogP contribution in [0.2, 0.25) is 0 Å². The molecule has 1 aromatic carbocycles. The molecule has 1 aromatic rings.